The largest absolute Gasteiger partial charge is 0.385 e. The van der Waals surface area contributed by atoms with E-state index in [0.717, 1.165) is 25.9 Å². The van der Waals surface area contributed by atoms with Gasteiger partial charge >= 0.3 is 0 Å². The monoisotopic (exact) mass is 284 g/mol. The van der Waals surface area contributed by atoms with E-state index in [1.807, 2.05) is 20.8 Å². The van der Waals surface area contributed by atoms with E-state index < -0.39 is 0 Å². The highest BCUT2D eigenvalue weighted by Crippen LogP contribution is 2.18. The molecule has 5 nitrogen and oxygen atoms in total. The van der Waals surface area contributed by atoms with Crippen LogP contribution in [-0.2, 0) is 14.3 Å². The SMILES string of the molecule is CCC1C(=O)NC(C(C)C)C(=O)N1CCCCCOC. The maximum Gasteiger partial charge on any atom is 0.246 e. The third-order valence-electron chi connectivity index (χ3n) is 3.83. The van der Waals surface area contributed by atoms with Crippen LogP contribution < -0.4 is 5.32 Å². The molecule has 0 radical (unpaired) electrons. The predicted octanol–water partition coefficient (Wildman–Crippen LogP) is 1.56. The van der Waals surface area contributed by atoms with Gasteiger partial charge in [-0.3, -0.25) is 9.59 Å². The molecule has 20 heavy (non-hydrogen) atoms. The molecule has 0 aromatic heterocycles. The van der Waals surface area contributed by atoms with Crippen molar-refractivity contribution in [2.45, 2.75) is 58.5 Å². The van der Waals surface area contributed by atoms with E-state index in [2.05, 4.69) is 5.32 Å². The number of carbonyl (C=O) groups is 2. The highest BCUT2D eigenvalue weighted by Gasteiger charge is 2.40. The number of hydrogen-bond acceptors (Lipinski definition) is 3. The van der Waals surface area contributed by atoms with E-state index >= 15 is 0 Å². The first-order valence-corrected chi connectivity index (χ1v) is 7.62. The molecular formula is C15H28N2O3. The van der Waals surface area contributed by atoms with Gasteiger partial charge in [-0.1, -0.05) is 20.8 Å². The van der Waals surface area contributed by atoms with Crippen LogP contribution in [-0.4, -0.2) is 49.1 Å². The summed E-state index contributed by atoms with van der Waals surface area (Å²) in [6.07, 6.45) is 3.60. The fraction of sp³-hybridized carbons (Fsp3) is 0.867. The molecule has 1 rings (SSSR count). The zero-order valence-corrected chi connectivity index (χ0v) is 13.1. The van der Waals surface area contributed by atoms with E-state index in [1.165, 1.54) is 0 Å². The molecule has 0 aromatic carbocycles. The van der Waals surface area contributed by atoms with Crippen LogP contribution in [0.25, 0.3) is 0 Å². The molecule has 0 bridgehead atoms. The van der Waals surface area contributed by atoms with Crippen molar-refractivity contribution in [3.8, 4) is 0 Å². The van der Waals surface area contributed by atoms with Gasteiger partial charge < -0.3 is 15.0 Å². The Morgan fingerprint density at radius 1 is 1.25 bits per heavy atom. The smallest absolute Gasteiger partial charge is 0.246 e. The van der Waals surface area contributed by atoms with Gasteiger partial charge in [-0.2, -0.15) is 0 Å². The average Bonchev–Trinajstić information content (AvgIpc) is 2.41. The normalized spacial score (nSPS) is 23.4. The number of piperazine rings is 1. The van der Waals surface area contributed by atoms with Crippen LogP contribution >= 0.6 is 0 Å². The zero-order chi connectivity index (χ0) is 15.1. The number of unbranched alkanes of at least 4 members (excludes halogenated alkanes) is 2. The second kappa shape index (κ2) is 8.25. The average molecular weight is 284 g/mol. The predicted molar refractivity (Wildman–Crippen MR) is 78.3 cm³/mol. The van der Waals surface area contributed by atoms with Crippen molar-refractivity contribution in [1.82, 2.24) is 10.2 Å². The Morgan fingerprint density at radius 3 is 2.50 bits per heavy atom. The second-order valence-electron chi connectivity index (χ2n) is 5.74. The van der Waals surface area contributed by atoms with E-state index in [1.54, 1.807) is 12.0 Å². The highest BCUT2D eigenvalue weighted by atomic mass is 16.5. The Hall–Kier alpha value is -1.10. The summed E-state index contributed by atoms with van der Waals surface area (Å²) in [5.74, 6) is 0.182. The lowest BCUT2D eigenvalue weighted by molar-refractivity contribution is -0.150. The minimum atomic E-state index is -0.371. The van der Waals surface area contributed by atoms with Crippen molar-refractivity contribution in [3.63, 3.8) is 0 Å². The van der Waals surface area contributed by atoms with Gasteiger partial charge in [0, 0.05) is 20.3 Å². The molecule has 1 saturated heterocycles. The number of amides is 2. The Labute approximate surface area is 122 Å². The third-order valence-corrected chi connectivity index (χ3v) is 3.83. The second-order valence-corrected chi connectivity index (χ2v) is 5.74. The minimum Gasteiger partial charge on any atom is -0.385 e. The van der Waals surface area contributed by atoms with Gasteiger partial charge in [0.05, 0.1) is 0 Å². The number of rotatable bonds is 8. The lowest BCUT2D eigenvalue weighted by atomic mass is 9.96. The molecule has 116 valence electrons. The lowest BCUT2D eigenvalue weighted by Gasteiger charge is -2.40. The summed E-state index contributed by atoms with van der Waals surface area (Å²) >= 11 is 0. The molecule has 2 atom stereocenters. The minimum absolute atomic E-state index is 0.0114. The first kappa shape index (κ1) is 17.0. The fourth-order valence-electron chi connectivity index (χ4n) is 2.61. The van der Waals surface area contributed by atoms with Crippen molar-refractivity contribution in [1.29, 1.82) is 0 Å². The van der Waals surface area contributed by atoms with E-state index in [0.29, 0.717) is 13.0 Å². The molecule has 1 aliphatic rings. The molecule has 2 amide bonds. The Kier molecular flexibility index (Phi) is 6.99. The summed E-state index contributed by atoms with van der Waals surface area (Å²) in [6, 6.07) is -0.677. The summed E-state index contributed by atoms with van der Waals surface area (Å²) in [4.78, 5) is 26.4. The van der Waals surface area contributed by atoms with Crippen LogP contribution in [0.3, 0.4) is 0 Å². The van der Waals surface area contributed by atoms with Crippen LogP contribution in [0.15, 0.2) is 0 Å². The van der Waals surface area contributed by atoms with Crippen molar-refractivity contribution in [2.75, 3.05) is 20.3 Å². The van der Waals surface area contributed by atoms with E-state index in [4.69, 9.17) is 4.74 Å². The molecule has 1 heterocycles. The van der Waals surface area contributed by atoms with Crippen LogP contribution in [0, 0.1) is 5.92 Å². The number of carbonyl (C=O) groups excluding carboxylic acids is 2. The molecule has 1 N–H and O–H groups in total. The van der Waals surface area contributed by atoms with Crippen LogP contribution in [0.2, 0.25) is 0 Å². The van der Waals surface area contributed by atoms with Gasteiger partial charge in [-0.25, -0.2) is 0 Å². The van der Waals surface area contributed by atoms with Crippen molar-refractivity contribution < 1.29 is 14.3 Å². The summed E-state index contributed by atoms with van der Waals surface area (Å²) in [6.45, 7) is 7.29. The molecule has 5 heteroatoms. The number of methoxy groups -OCH3 is 1. The highest BCUT2D eigenvalue weighted by molar-refractivity contribution is 5.97. The first-order valence-electron chi connectivity index (χ1n) is 7.62. The van der Waals surface area contributed by atoms with Gasteiger partial charge in [-0.05, 0) is 31.6 Å². The van der Waals surface area contributed by atoms with Crippen molar-refractivity contribution in [2.24, 2.45) is 5.92 Å². The maximum absolute atomic E-state index is 12.5. The molecule has 0 saturated carbocycles. The fourth-order valence-corrected chi connectivity index (χ4v) is 2.61. The molecular weight excluding hydrogens is 256 g/mol. The van der Waals surface area contributed by atoms with Crippen molar-refractivity contribution in [3.05, 3.63) is 0 Å². The third kappa shape index (κ3) is 4.20. The zero-order valence-electron chi connectivity index (χ0n) is 13.1. The molecule has 2 unspecified atom stereocenters. The van der Waals surface area contributed by atoms with Gasteiger partial charge in [0.2, 0.25) is 11.8 Å². The van der Waals surface area contributed by atoms with E-state index in [9.17, 15) is 9.59 Å². The topological polar surface area (TPSA) is 58.6 Å². The number of nitrogens with zero attached hydrogens (tertiary/aromatic N) is 1. The summed E-state index contributed by atoms with van der Waals surface area (Å²) in [5, 5.41) is 2.86. The van der Waals surface area contributed by atoms with Crippen LogP contribution in [0.4, 0.5) is 0 Å². The molecule has 0 aliphatic carbocycles. The Morgan fingerprint density at radius 2 is 1.95 bits per heavy atom. The Balaban J connectivity index is 2.61. The number of ether oxygens (including phenoxy) is 1. The standard InChI is InChI=1S/C15H28N2O3/c1-5-12-14(18)16-13(11(2)3)15(19)17(12)9-7-6-8-10-20-4/h11-13H,5-10H2,1-4H3,(H,16,18). The van der Waals surface area contributed by atoms with Gasteiger partial charge in [0.25, 0.3) is 0 Å². The quantitative estimate of drug-likeness (QED) is 0.688. The lowest BCUT2D eigenvalue weighted by Crippen LogP contribution is -2.64. The number of nitrogens with one attached hydrogen (secondary N) is 1. The van der Waals surface area contributed by atoms with Crippen LogP contribution in [0.1, 0.15) is 46.5 Å². The first-order chi connectivity index (χ1) is 9.52. The maximum atomic E-state index is 12.5. The molecule has 0 aromatic rings. The van der Waals surface area contributed by atoms with E-state index in [-0.39, 0.29) is 29.8 Å². The summed E-state index contributed by atoms with van der Waals surface area (Å²) in [5.41, 5.74) is 0. The van der Waals surface area contributed by atoms with Gasteiger partial charge in [-0.15, -0.1) is 0 Å². The summed E-state index contributed by atoms with van der Waals surface area (Å²) < 4.78 is 5.02. The molecule has 0 spiro atoms. The molecule has 1 fully saturated rings. The number of hydrogen-bond donors (Lipinski definition) is 1. The Bertz CT molecular complexity index is 331. The van der Waals surface area contributed by atoms with Gasteiger partial charge in [0.1, 0.15) is 12.1 Å². The summed E-state index contributed by atoms with van der Waals surface area (Å²) in [7, 11) is 1.69. The molecule has 1 aliphatic heterocycles. The van der Waals surface area contributed by atoms with Crippen molar-refractivity contribution >= 4 is 11.8 Å². The van der Waals surface area contributed by atoms with Crippen LogP contribution in [0.5, 0.6) is 0 Å². The van der Waals surface area contributed by atoms with Gasteiger partial charge in [0.15, 0.2) is 0 Å².